The molecular weight excluding hydrogens is 234 g/mol. The van der Waals surface area contributed by atoms with Gasteiger partial charge in [0.15, 0.2) is 0 Å². The molecule has 2 unspecified atom stereocenters. The van der Waals surface area contributed by atoms with Crippen molar-refractivity contribution in [3.05, 3.63) is 0 Å². The summed E-state index contributed by atoms with van der Waals surface area (Å²) in [6.07, 6.45) is 0.568. The lowest BCUT2D eigenvalue weighted by Crippen LogP contribution is -2.41. The third kappa shape index (κ3) is 4.18. The van der Waals surface area contributed by atoms with Crippen molar-refractivity contribution in [2.45, 2.75) is 25.8 Å². The monoisotopic (exact) mass is 257 g/mol. The van der Waals surface area contributed by atoms with Gasteiger partial charge >= 0.3 is 12.0 Å². The molecule has 6 heteroatoms. The smallest absolute Gasteiger partial charge is 0.317 e. The van der Waals surface area contributed by atoms with Gasteiger partial charge in [0.25, 0.3) is 0 Å². The fourth-order valence-corrected chi connectivity index (χ4v) is 2.33. The van der Waals surface area contributed by atoms with E-state index in [0.717, 1.165) is 13.1 Å². The molecule has 104 valence electrons. The summed E-state index contributed by atoms with van der Waals surface area (Å²) in [6.45, 7) is 4.05. The van der Waals surface area contributed by atoms with E-state index in [0.29, 0.717) is 24.9 Å². The molecule has 18 heavy (non-hydrogen) atoms. The van der Waals surface area contributed by atoms with E-state index in [4.69, 9.17) is 5.11 Å². The molecule has 1 heterocycles. The maximum atomic E-state index is 11.9. The second-order valence-corrected chi connectivity index (χ2v) is 5.14. The first-order chi connectivity index (χ1) is 8.41. The van der Waals surface area contributed by atoms with Crippen molar-refractivity contribution in [2.24, 2.45) is 5.92 Å². The molecule has 0 aromatic rings. The minimum atomic E-state index is -0.827. The summed E-state index contributed by atoms with van der Waals surface area (Å²) < 4.78 is 0. The number of carbonyl (C=O) groups is 2. The van der Waals surface area contributed by atoms with E-state index in [1.807, 2.05) is 14.1 Å². The number of rotatable bonds is 5. The van der Waals surface area contributed by atoms with Crippen molar-refractivity contribution in [1.29, 1.82) is 0 Å². The van der Waals surface area contributed by atoms with Gasteiger partial charge in [-0.2, -0.15) is 0 Å². The van der Waals surface area contributed by atoms with Crippen LogP contribution in [0.4, 0.5) is 4.79 Å². The van der Waals surface area contributed by atoms with Gasteiger partial charge in [0.05, 0.1) is 0 Å². The summed E-state index contributed by atoms with van der Waals surface area (Å²) in [5.74, 6) is -0.364. The standard InChI is InChI=1S/C12H23N3O3/c1-9-7-15(8-10(9)14(2)3)12(18)13-6-4-5-11(16)17/h9-10H,4-8H2,1-3H3,(H,13,18)(H,16,17). The third-order valence-electron chi connectivity index (χ3n) is 3.37. The Balaban J connectivity index is 2.29. The maximum absolute atomic E-state index is 11.9. The number of hydrogen-bond donors (Lipinski definition) is 2. The molecule has 0 radical (unpaired) electrons. The number of amides is 2. The average molecular weight is 257 g/mol. The molecule has 1 fully saturated rings. The highest BCUT2D eigenvalue weighted by Gasteiger charge is 2.33. The van der Waals surface area contributed by atoms with Gasteiger partial charge < -0.3 is 20.2 Å². The van der Waals surface area contributed by atoms with Crippen LogP contribution < -0.4 is 5.32 Å². The van der Waals surface area contributed by atoms with E-state index in [-0.39, 0.29) is 12.5 Å². The molecule has 1 saturated heterocycles. The first kappa shape index (κ1) is 14.8. The molecule has 1 rings (SSSR count). The van der Waals surface area contributed by atoms with Gasteiger partial charge in [-0.05, 0) is 26.4 Å². The normalized spacial score (nSPS) is 23.4. The van der Waals surface area contributed by atoms with E-state index in [9.17, 15) is 9.59 Å². The number of urea groups is 1. The van der Waals surface area contributed by atoms with Crippen LogP contribution in [0.1, 0.15) is 19.8 Å². The molecule has 0 aliphatic carbocycles. The van der Waals surface area contributed by atoms with Crippen molar-refractivity contribution in [1.82, 2.24) is 15.1 Å². The summed E-state index contributed by atoms with van der Waals surface area (Å²) in [5.41, 5.74) is 0. The van der Waals surface area contributed by atoms with E-state index < -0.39 is 5.97 Å². The molecule has 0 spiro atoms. The highest BCUT2D eigenvalue weighted by molar-refractivity contribution is 5.74. The molecule has 1 aliphatic heterocycles. The quantitative estimate of drug-likeness (QED) is 0.701. The van der Waals surface area contributed by atoms with E-state index in [1.54, 1.807) is 4.90 Å². The zero-order valence-corrected chi connectivity index (χ0v) is 11.3. The minimum Gasteiger partial charge on any atom is -0.481 e. The lowest BCUT2D eigenvalue weighted by Gasteiger charge is -2.22. The number of carboxylic acid groups (broad SMARTS) is 1. The SMILES string of the molecule is CC1CN(C(=O)NCCCC(=O)O)CC1N(C)C. The van der Waals surface area contributed by atoms with E-state index >= 15 is 0 Å². The predicted octanol–water partition coefficient (Wildman–Crippen LogP) is 0.443. The number of carboxylic acids is 1. The second kappa shape index (κ2) is 6.58. The van der Waals surface area contributed by atoms with Gasteiger partial charge in [-0.15, -0.1) is 0 Å². The molecule has 0 aromatic carbocycles. The molecule has 0 aromatic heterocycles. The molecular formula is C12H23N3O3. The summed E-state index contributed by atoms with van der Waals surface area (Å²) >= 11 is 0. The van der Waals surface area contributed by atoms with Gasteiger partial charge in [0.1, 0.15) is 0 Å². The Morgan fingerprint density at radius 2 is 2.06 bits per heavy atom. The zero-order chi connectivity index (χ0) is 13.7. The Morgan fingerprint density at radius 3 is 2.56 bits per heavy atom. The summed E-state index contributed by atoms with van der Waals surface area (Å²) in [5, 5.41) is 11.3. The van der Waals surface area contributed by atoms with Gasteiger partial charge in [0.2, 0.25) is 0 Å². The molecule has 2 atom stereocenters. The van der Waals surface area contributed by atoms with Crippen molar-refractivity contribution < 1.29 is 14.7 Å². The van der Waals surface area contributed by atoms with Gasteiger partial charge in [-0.25, -0.2) is 4.79 Å². The van der Waals surface area contributed by atoms with Crippen LogP contribution in [0, 0.1) is 5.92 Å². The van der Waals surface area contributed by atoms with Gasteiger partial charge in [-0.1, -0.05) is 6.92 Å². The fourth-order valence-electron chi connectivity index (χ4n) is 2.33. The van der Waals surface area contributed by atoms with Crippen LogP contribution in [-0.2, 0) is 4.79 Å². The van der Waals surface area contributed by atoms with Crippen molar-refractivity contribution in [3.8, 4) is 0 Å². The van der Waals surface area contributed by atoms with Crippen LogP contribution in [0.15, 0.2) is 0 Å². The number of nitrogens with one attached hydrogen (secondary N) is 1. The number of hydrogen-bond acceptors (Lipinski definition) is 3. The van der Waals surface area contributed by atoms with Crippen molar-refractivity contribution in [3.63, 3.8) is 0 Å². The number of carbonyl (C=O) groups excluding carboxylic acids is 1. The largest absolute Gasteiger partial charge is 0.481 e. The molecule has 6 nitrogen and oxygen atoms in total. The highest BCUT2D eigenvalue weighted by Crippen LogP contribution is 2.19. The van der Waals surface area contributed by atoms with Crippen molar-refractivity contribution in [2.75, 3.05) is 33.7 Å². The summed E-state index contributed by atoms with van der Waals surface area (Å²) in [7, 11) is 4.05. The Labute approximate surface area is 108 Å². The Morgan fingerprint density at radius 1 is 1.39 bits per heavy atom. The molecule has 1 aliphatic rings. The maximum Gasteiger partial charge on any atom is 0.317 e. The first-order valence-corrected chi connectivity index (χ1v) is 6.32. The Hall–Kier alpha value is -1.30. The average Bonchev–Trinajstić information content (AvgIpc) is 2.66. The van der Waals surface area contributed by atoms with E-state index in [2.05, 4.69) is 17.1 Å². The fraction of sp³-hybridized carbons (Fsp3) is 0.833. The minimum absolute atomic E-state index is 0.0865. The van der Waals surface area contributed by atoms with Crippen LogP contribution >= 0.6 is 0 Å². The lowest BCUT2D eigenvalue weighted by atomic mass is 10.1. The van der Waals surface area contributed by atoms with Crippen LogP contribution in [0.5, 0.6) is 0 Å². The molecule has 0 saturated carbocycles. The zero-order valence-electron chi connectivity index (χ0n) is 11.3. The van der Waals surface area contributed by atoms with Crippen LogP contribution in [-0.4, -0.2) is 66.7 Å². The van der Waals surface area contributed by atoms with Crippen LogP contribution in [0.2, 0.25) is 0 Å². The second-order valence-electron chi connectivity index (χ2n) is 5.14. The number of likely N-dealkylation sites (tertiary alicyclic amines) is 1. The molecule has 2 N–H and O–H groups in total. The highest BCUT2D eigenvalue weighted by atomic mass is 16.4. The third-order valence-corrected chi connectivity index (χ3v) is 3.37. The molecule has 2 amide bonds. The summed E-state index contributed by atoms with van der Waals surface area (Å²) in [6, 6.07) is 0.311. The van der Waals surface area contributed by atoms with E-state index in [1.165, 1.54) is 0 Å². The topological polar surface area (TPSA) is 72.9 Å². The number of nitrogens with zero attached hydrogens (tertiary/aromatic N) is 2. The van der Waals surface area contributed by atoms with Crippen molar-refractivity contribution >= 4 is 12.0 Å². The van der Waals surface area contributed by atoms with Crippen LogP contribution in [0.25, 0.3) is 0 Å². The number of likely N-dealkylation sites (N-methyl/N-ethyl adjacent to an activating group) is 1. The Bertz CT molecular complexity index is 307. The molecule has 0 bridgehead atoms. The van der Waals surface area contributed by atoms with Gasteiger partial charge in [0, 0.05) is 32.1 Å². The predicted molar refractivity (Wildman–Crippen MR) is 68.5 cm³/mol. The first-order valence-electron chi connectivity index (χ1n) is 6.32. The van der Waals surface area contributed by atoms with Gasteiger partial charge in [-0.3, -0.25) is 4.79 Å². The summed E-state index contributed by atoms with van der Waals surface area (Å²) in [4.78, 5) is 26.1. The van der Waals surface area contributed by atoms with Crippen LogP contribution in [0.3, 0.4) is 0 Å². The number of aliphatic carboxylic acids is 1. The Kier molecular flexibility index (Phi) is 5.40. The lowest BCUT2D eigenvalue weighted by molar-refractivity contribution is -0.137.